The lowest BCUT2D eigenvalue weighted by atomic mass is 9.99. The maximum absolute atomic E-state index is 4.52. The molecule has 1 aliphatic rings. The van der Waals surface area contributed by atoms with Crippen LogP contribution in [0.15, 0.2) is 18.3 Å². The van der Waals surface area contributed by atoms with Gasteiger partial charge in [-0.15, -0.1) is 0 Å². The van der Waals surface area contributed by atoms with Crippen molar-refractivity contribution < 1.29 is 0 Å². The van der Waals surface area contributed by atoms with Crippen LogP contribution < -0.4 is 0 Å². The zero-order valence-corrected chi connectivity index (χ0v) is 10.9. The van der Waals surface area contributed by atoms with Gasteiger partial charge in [0.15, 0.2) is 0 Å². The average molecular weight is 247 g/mol. The van der Waals surface area contributed by atoms with Gasteiger partial charge in [-0.2, -0.15) is 15.6 Å². The molecule has 2 aromatic heterocycles. The largest absolute Gasteiger partial charge is 0.238 e. The van der Waals surface area contributed by atoms with Gasteiger partial charge in [-0.05, 0) is 43.4 Å². The van der Waals surface area contributed by atoms with Crippen LogP contribution in [0.25, 0.3) is 5.52 Å². The number of hydrogen-bond donors (Lipinski definition) is 0. The summed E-state index contributed by atoms with van der Waals surface area (Å²) in [4.78, 5) is 4.24. The van der Waals surface area contributed by atoms with Crippen LogP contribution in [0.4, 0.5) is 0 Å². The first kappa shape index (κ1) is 11.0. The van der Waals surface area contributed by atoms with Gasteiger partial charge >= 0.3 is 0 Å². The molecule has 1 aliphatic heterocycles. The monoisotopic (exact) mass is 247 g/mol. The van der Waals surface area contributed by atoms with E-state index in [9.17, 15) is 0 Å². The third-order valence-electron chi connectivity index (χ3n) is 3.47. The van der Waals surface area contributed by atoms with E-state index in [1.807, 2.05) is 13.1 Å². The second kappa shape index (κ2) is 4.26. The molecule has 3 nitrogen and oxygen atoms in total. The first-order valence-corrected chi connectivity index (χ1v) is 7.76. The van der Waals surface area contributed by atoms with Crippen molar-refractivity contribution in [3.63, 3.8) is 0 Å². The van der Waals surface area contributed by atoms with Crippen LogP contribution in [0, 0.1) is 6.92 Å². The minimum Gasteiger partial charge on any atom is -0.238 e. The highest BCUT2D eigenvalue weighted by molar-refractivity contribution is 8.14. The molecule has 1 fully saturated rings. The lowest BCUT2D eigenvalue weighted by molar-refractivity contribution is 0.597. The molecule has 0 saturated carbocycles. The van der Waals surface area contributed by atoms with Crippen molar-refractivity contribution in [1.29, 1.82) is 0 Å². The molecule has 0 N–H and O–H groups in total. The maximum atomic E-state index is 4.52. The second-order valence-corrected chi connectivity index (χ2v) is 6.74. The molecule has 4 heteroatoms. The summed E-state index contributed by atoms with van der Waals surface area (Å²) < 4.78 is 2.07. The van der Waals surface area contributed by atoms with Crippen molar-refractivity contribution >= 4 is 21.9 Å². The number of aromatic nitrogens is 3. The fourth-order valence-corrected chi connectivity index (χ4v) is 3.91. The molecule has 90 valence electrons. The van der Waals surface area contributed by atoms with Crippen molar-refractivity contribution in [2.24, 2.45) is 0 Å². The van der Waals surface area contributed by atoms with E-state index in [0.29, 0.717) is 16.4 Å². The SMILES string of the molecule is C=S1CCC(c2ccc3cnc(C)nn23)CC1. The summed E-state index contributed by atoms with van der Waals surface area (Å²) in [6, 6.07) is 4.33. The summed E-state index contributed by atoms with van der Waals surface area (Å²) in [5.74, 6) is 8.20. The van der Waals surface area contributed by atoms with E-state index in [1.54, 1.807) is 0 Å². The Hall–Kier alpha value is -1.16. The number of hydrogen-bond acceptors (Lipinski definition) is 2. The van der Waals surface area contributed by atoms with E-state index in [-0.39, 0.29) is 0 Å². The molecule has 0 bridgehead atoms. The third-order valence-corrected chi connectivity index (χ3v) is 5.10. The Bertz CT molecular complexity index is 563. The summed E-state index contributed by atoms with van der Waals surface area (Å²) in [6.45, 7) is 1.94. The van der Waals surface area contributed by atoms with Gasteiger partial charge in [-0.3, -0.25) is 0 Å². The van der Waals surface area contributed by atoms with Crippen LogP contribution in [-0.4, -0.2) is 32.0 Å². The summed E-state index contributed by atoms with van der Waals surface area (Å²) >= 11 is 0. The molecule has 2 aromatic rings. The van der Waals surface area contributed by atoms with Gasteiger partial charge in [-0.1, -0.05) is 5.87 Å². The Kier molecular flexibility index (Phi) is 2.74. The first-order chi connectivity index (χ1) is 8.24. The van der Waals surface area contributed by atoms with Crippen LogP contribution in [0.3, 0.4) is 0 Å². The molecule has 0 aliphatic carbocycles. The smallest absolute Gasteiger partial charge is 0.146 e. The Balaban J connectivity index is 1.99. The van der Waals surface area contributed by atoms with Crippen molar-refractivity contribution in [1.82, 2.24) is 14.6 Å². The quantitative estimate of drug-likeness (QED) is 0.725. The predicted molar refractivity (Wildman–Crippen MR) is 74.1 cm³/mol. The molecule has 1 saturated heterocycles. The fraction of sp³-hybridized carbons (Fsp3) is 0.462. The third kappa shape index (κ3) is 2.02. The van der Waals surface area contributed by atoms with Gasteiger partial charge in [0.2, 0.25) is 0 Å². The highest BCUT2D eigenvalue weighted by atomic mass is 32.2. The van der Waals surface area contributed by atoms with E-state index < -0.39 is 0 Å². The van der Waals surface area contributed by atoms with Crippen molar-refractivity contribution in [3.05, 3.63) is 29.8 Å². The van der Waals surface area contributed by atoms with Gasteiger partial charge in [-0.25, -0.2) is 9.50 Å². The molecular formula is C13H17N3S. The molecule has 0 atom stereocenters. The molecule has 0 spiro atoms. The summed E-state index contributed by atoms with van der Waals surface area (Å²) in [7, 11) is 0.397. The molecule has 0 radical (unpaired) electrons. The van der Waals surface area contributed by atoms with Crippen LogP contribution in [0.2, 0.25) is 0 Å². The topological polar surface area (TPSA) is 30.2 Å². The minimum atomic E-state index is 0.397. The van der Waals surface area contributed by atoms with Gasteiger partial charge in [0.05, 0.1) is 11.7 Å². The molecule has 0 amide bonds. The summed E-state index contributed by atoms with van der Waals surface area (Å²) in [5.41, 5.74) is 2.45. The van der Waals surface area contributed by atoms with Crippen LogP contribution in [0.5, 0.6) is 0 Å². The van der Waals surface area contributed by atoms with Gasteiger partial charge in [0.1, 0.15) is 5.82 Å². The molecule has 0 aromatic carbocycles. The fourth-order valence-electron chi connectivity index (χ4n) is 2.47. The zero-order chi connectivity index (χ0) is 11.8. The van der Waals surface area contributed by atoms with Crippen molar-refractivity contribution in [3.8, 4) is 0 Å². The molecule has 3 rings (SSSR count). The second-order valence-electron chi connectivity index (χ2n) is 4.70. The highest BCUT2D eigenvalue weighted by Crippen LogP contribution is 2.34. The van der Waals surface area contributed by atoms with Crippen LogP contribution in [0.1, 0.15) is 30.3 Å². The first-order valence-electron chi connectivity index (χ1n) is 6.02. The Labute approximate surface area is 104 Å². The lowest BCUT2D eigenvalue weighted by Gasteiger charge is -2.23. The Morgan fingerprint density at radius 2 is 2.12 bits per heavy atom. The normalized spacial score (nSPS) is 25.2. The van der Waals surface area contributed by atoms with Crippen LogP contribution in [-0.2, 0) is 0 Å². The molecular weight excluding hydrogens is 230 g/mol. The van der Waals surface area contributed by atoms with Crippen LogP contribution >= 0.6 is 10.5 Å². The Morgan fingerprint density at radius 1 is 1.35 bits per heavy atom. The zero-order valence-electron chi connectivity index (χ0n) is 10.1. The summed E-state index contributed by atoms with van der Waals surface area (Å²) in [6.07, 6.45) is 4.41. The van der Waals surface area contributed by atoms with Crippen molar-refractivity contribution in [2.45, 2.75) is 25.7 Å². The molecule has 0 unspecified atom stereocenters. The van der Waals surface area contributed by atoms with Gasteiger partial charge < -0.3 is 0 Å². The minimum absolute atomic E-state index is 0.397. The van der Waals surface area contributed by atoms with Gasteiger partial charge in [0.25, 0.3) is 0 Å². The van der Waals surface area contributed by atoms with E-state index in [1.165, 1.54) is 30.0 Å². The summed E-state index contributed by atoms with van der Waals surface area (Å²) in [5, 5.41) is 4.52. The van der Waals surface area contributed by atoms with Gasteiger partial charge in [0, 0.05) is 11.6 Å². The Morgan fingerprint density at radius 3 is 2.88 bits per heavy atom. The molecule has 17 heavy (non-hydrogen) atoms. The average Bonchev–Trinajstić information content (AvgIpc) is 2.73. The van der Waals surface area contributed by atoms with E-state index in [4.69, 9.17) is 0 Å². The standard InChI is InChI=1S/C13H17N3S/c1-10-14-9-12-3-4-13(16(12)15-10)11-5-7-17(2)8-6-11/h3-4,9,11H,2,5-8H2,1H3. The van der Waals surface area contributed by atoms with E-state index >= 15 is 0 Å². The number of aryl methyl sites for hydroxylation is 1. The number of fused-ring (bicyclic) bond motifs is 1. The van der Waals surface area contributed by atoms with Crippen molar-refractivity contribution in [2.75, 3.05) is 11.5 Å². The van der Waals surface area contributed by atoms with E-state index in [2.05, 4.69) is 32.6 Å². The highest BCUT2D eigenvalue weighted by Gasteiger charge is 2.20. The number of nitrogens with zero attached hydrogens (tertiary/aromatic N) is 3. The molecule has 3 heterocycles. The lowest BCUT2D eigenvalue weighted by Crippen LogP contribution is -2.13. The predicted octanol–water partition coefficient (Wildman–Crippen LogP) is 2.62. The maximum Gasteiger partial charge on any atom is 0.146 e. The number of rotatable bonds is 1. The van der Waals surface area contributed by atoms with E-state index in [0.717, 1.165) is 11.3 Å².